The first kappa shape index (κ1) is 13.7. The van der Waals surface area contributed by atoms with Gasteiger partial charge in [0, 0.05) is 6.61 Å². The van der Waals surface area contributed by atoms with E-state index in [1.807, 2.05) is 0 Å². The third kappa shape index (κ3) is 17.8. The maximum atomic E-state index is 8.42. The Morgan fingerprint density at radius 2 is 1.45 bits per heavy atom. The predicted octanol–water partition coefficient (Wildman–Crippen LogP) is 0.565. The molecule has 0 heterocycles. The molecule has 3 N–H and O–H groups in total. The van der Waals surface area contributed by atoms with Gasteiger partial charge in [-0.25, -0.2) is 0 Å². The first-order valence-electron chi connectivity index (χ1n) is 4.60. The van der Waals surface area contributed by atoms with Gasteiger partial charge in [0.2, 0.25) is 0 Å². The van der Waals surface area contributed by atoms with Crippen LogP contribution in [-0.2, 0) is 0 Å². The molecule has 0 aliphatic carbocycles. The zero-order chi connectivity index (χ0) is 8.95. The van der Waals surface area contributed by atoms with E-state index < -0.39 is 0 Å². The lowest BCUT2D eigenvalue weighted by atomic mass is 10.1. The Labute approximate surface area is 73.7 Å². The van der Waals surface area contributed by atoms with Crippen molar-refractivity contribution in [3.63, 3.8) is 0 Å². The van der Waals surface area contributed by atoms with Crippen LogP contribution in [0.2, 0.25) is 0 Å². The summed E-state index contributed by atoms with van der Waals surface area (Å²) in [6.45, 7) is 2.58. The molecule has 0 aromatic rings. The minimum absolute atomic E-state index is 0.367. The molecule has 0 fully saturated rings. The van der Waals surface area contributed by atoms with E-state index in [0.29, 0.717) is 6.61 Å². The smallest absolute Gasteiger partial charge is 0.0716 e. The molecule has 0 atom stereocenters. The molecule has 0 spiro atoms. The van der Waals surface area contributed by atoms with Crippen LogP contribution in [0.1, 0.15) is 45.4 Å². The SMILES string of the molecule is CCCCCCCCO.N[SiH3]. The lowest BCUT2D eigenvalue weighted by molar-refractivity contribution is 0.282. The van der Waals surface area contributed by atoms with E-state index in [2.05, 4.69) is 12.3 Å². The van der Waals surface area contributed by atoms with Gasteiger partial charge in [0.15, 0.2) is 0 Å². The molecular weight excluding hydrogens is 154 g/mol. The van der Waals surface area contributed by atoms with Gasteiger partial charge in [0.25, 0.3) is 0 Å². The van der Waals surface area contributed by atoms with Crippen LogP contribution in [0.25, 0.3) is 0 Å². The lowest BCUT2D eigenvalue weighted by Crippen LogP contribution is -1.82. The fourth-order valence-corrected chi connectivity index (χ4v) is 0.892. The summed E-state index contributed by atoms with van der Waals surface area (Å²) in [6.07, 6.45) is 7.50. The number of nitrogens with two attached hydrogens (primary N) is 1. The topological polar surface area (TPSA) is 46.2 Å². The molecular formula is C8H23NOSi. The van der Waals surface area contributed by atoms with Crippen LogP contribution in [0, 0.1) is 0 Å². The van der Waals surface area contributed by atoms with Crippen molar-refractivity contribution in [2.75, 3.05) is 6.61 Å². The van der Waals surface area contributed by atoms with Crippen LogP contribution in [0.15, 0.2) is 0 Å². The number of unbranched alkanes of at least 4 members (excludes halogenated alkanes) is 5. The lowest BCUT2D eigenvalue weighted by Gasteiger charge is -1.95. The van der Waals surface area contributed by atoms with Gasteiger partial charge in [-0.05, 0) is 6.42 Å². The second-order valence-electron chi connectivity index (χ2n) is 2.49. The quantitative estimate of drug-likeness (QED) is 0.460. The zero-order valence-corrected chi connectivity index (χ0v) is 9.97. The van der Waals surface area contributed by atoms with Crippen LogP contribution < -0.4 is 5.40 Å². The van der Waals surface area contributed by atoms with Crippen LogP contribution in [-0.4, -0.2) is 22.1 Å². The highest BCUT2D eigenvalue weighted by atomic mass is 28.2. The first-order chi connectivity index (χ1) is 5.41. The Morgan fingerprint density at radius 1 is 1.00 bits per heavy atom. The third-order valence-corrected chi connectivity index (χ3v) is 1.51. The fourth-order valence-electron chi connectivity index (χ4n) is 0.892. The van der Waals surface area contributed by atoms with Crippen LogP contribution in [0.3, 0.4) is 0 Å². The standard InChI is InChI=1S/C8H18O.H5NSi/c1-2-3-4-5-6-7-8-9;1-2/h9H,2-8H2,1H3;1H2,2H3. The normalized spacial score (nSPS) is 9.00. The van der Waals surface area contributed by atoms with Crippen molar-refractivity contribution in [3.05, 3.63) is 0 Å². The molecule has 3 heteroatoms. The predicted molar refractivity (Wildman–Crippen MR) is 54.6 cm³/mol. The summed E-state index contributed by atoms with van der Waals surface area (Å²) in [7, 11) is 0.806. The summed E-state index contributed by atoms with van der Waals surface area (Å²) in [5.74, 6) is 0. The molecule has 0 rings (SSSR count). The van der Waals surface area contributed by atoms with Gasteiger partial charge in [-0.2, -0.15) is 0 Å². The molecule has 0 aliphatic rings. The Morgan fingerprint density at radius 3 is 1.91 bits per heavy atom. The van der Waals surface area contributed by atoms with Gasteiger partial charge >= 0.3 is 0 Å². The average Bonchev–Trinajstić information content (AvgIpc) is 2.08. The molecule has 70 valence electrons. The molecule has 0 saturated heterocycles. The minimum atomic E-state index is 0.367. The van der Waals surface area contributed by atoms with E-state index in [1.165, 1.54) is 32.1 Å². The van der Waals surface area contributed by atoms with Crippen molar-refractivity contribution in [2.45, 2.75) is 45.4 Å². The van der Waals surface area contributed by atoms with Crippen LogP contribution in [0.4, 0.5) is 0 Å². The Hall–Kier alpha value is 0.137. The molecule has 0 saturated carbocycles. The van der Waals surface area contributed by atoms with E-state index in [0.717, 1.165) is 16.8 Å². The van der Waals surface area contributed by atoms with Gasteiger partial charge in [-0.3, -0.25) is 0 Å². The summed E-state index contributed by atoms with van der Waals surface area (Å²) in [4.78, 5) is 0. The summed E-state index contributed by atoms with van der Waals surface area (Å²) in [6, 6.07) is 0. The van der Waals surface area contributed by atoms with Crippen molar-refractivity contribution in [1.82, 2.24) is 0 Å². The van der Waals surface area contributed by atoms with Gasteiger partial charge in [-0.1, -0.05) is 39.0 Å². The highest BCUT2D eigenvalue weighted by Gasteiger charge is 1.86. The summed E-state index contributed by atoms with van der Waals surface area (Å²) < 4.78 is 0. The van der Waals surface area contributed by atoms with Crippen LogP contribution in [0.5, 0.6) is 0 Å². The van der Waals surface area contributed by atoms with Gasteiger partial charge in [-0.15, -0.1) is 0 Å². The first-order valence-corrected chi connectivity index (χ1v) is 5.76. The number of rotatable bonds is 6. The molecule has 0 bridgehead atoms. The minimum Gasteiger partial charge on any atom is -0.396 e. The van der Waals surface area contributed by atoms with Crippen molar-refractivity contribution in [1.29, 1.82) is 0 Å². The maximum absolute atomic E-state index is 8.42. The number of hydrogen-bond acceptors (Lipinski definition) is 2. The highest BCUT2D eigenvalue weighted by molar-refractivity contribution is 6.02. The van der Waals surface area contributed by atoms with Crippen LogP contribution >= 0.6 is 0 Å². The molecule has 2 nitrogen and oxygen atoms in total. The highest BCUT2D eigenvalue weighted by Crippen LogP contribution is 2.03. The Kier molecular flexibility index (Phi) is 20.7. The van der Waals surface area contributed by atoms with E-state index in [4.69, 9.17) is 5.11 Å². The van der Waals surface area contributed by atoms with Gasteiger partial charge in [0.05, 0.1) is 10.4 Å². The van der Waals surface area contributed by atoms with Crippen molar-refractivity contribution in [2.24, 2.45) is 5.40 Å². The number of aliphatic hydroxyl groups is 1. The fraction of sp³-hybridized carbons (Fsp3) is 1.00. The average molecular weight is 177 g/mol. The largest absolute Gasteiger partial charge is 0.396 e. The Balaban J connectivity index is 0. The molecule has 0 radical (unpaired) electrons. The molecule has 0 aromatic carbocycles. The van der Waals surface area contributed by atoms with E-state index in [-0.39, 0.29) is 0 Å². The van der Waals surface area contributed by atoms with E-state index in [1.54, 1.807) is 0 Å². The second-order valence-corrected chi connectivity index (χ2v) is 2.49. The Bertz CT molecular complexity index is 47.4. The van der Waals surface area contributed by atoms with Gasteiger partial charge in [0.1, 0.15) is 0 Å². The summed E-state index contributed by atoms with van der Waals surface area (Å²) >= 11 is 0. The molecule has 11 heavy (non-hydrogen) atoms. The van der Waals surface area contributed by atoms with E-state index in [9.17, 15) is 0 Å². The maximum Gasteiger partial charge on any atom is 0.0716 e. The second kappa shape index (κ2) is 16.6. The monoisotopic (exact) mass is 177 g/mol. The summed E-state index contributed by atoms with van der Waals surface area (Å²) in [5.41, 5.74) is 0. The van der Waals surface area contributed by atoms with Crippen molar-refractivity contribution >= 4 is 10.4 Å². The van der Waals surface area contributed by atoms with Crippen molar-refractivity contribution < 1.29 is 5.11 Å². The zero-order valence-electron chi connectivity index (χ0n) is 7.97. The van der Waals surface area contributed by atoms with Gasteiger partial charge < -0.3 is 10.5 Å². The van der Waals surface area contributed by atoms with Crippen molar-refractivity contribution in [3.8, 4) is 0 Å². The third-order valence-electron chi connectivity index (χ3n) is 1.51. The summed E-state index contributed by atoms with van der Waals surface area (Å²) in [5, 5.41) is 13.1. The number of hydrogen-bond donors (Lipinski definition) is 2. The number of aliphatic hydroxyl groups excluding tert-OH is 1. The molecule has 0 aromatic heterocycles. The van der Waals surface area contributed by atoms with E-state index >= 15 is 0 Å². The molecule has 0 aliphatic heterocycles. The molecule has 0 amide bonds. The molecule has 0 unspecified atom stereocenters.